The highest BCUT2D eigenvalue weighted by atomic mass is 14.3. The predicted molar refractivity (Wildman–Crippen MR) is 92.2 cm³/mol. The van der Waals surface area contributed by atoms with Gasteiger partial charge in [-0.25, -0.2) is 0 Å². The third-order valence-electron chi connectivity index (χ3n) is 6.21. The van der Waals surface area contributed by atoms with E-state index in [-0.39, 0.29) is 0 Å². The summed E-state index contributed by atoms with van der Waals surface area (Å²) in [6.07, 6.45) is 14.7. The molecule has 0 amide bonds. The maximum Gasteiger partial charge on any atom is 0.00134 e. The minimum absolute atomic E-state index is 0.715. The normalized spacial score (nSPS) is 24.4. The fraction of sp³-hybridized carbons (Fsp3) is 0.619. The predicted octanol–water partition coefficient (Wildman–Crippen LogP) is 6.52. The van der Waals surface area contributed by atoms with Gasteiger partial charge in [0, 0.05) is 5.92 Å². The summed E-state index contributed by atoms with van der Waals surface area (Å²) in [4.78, 5) is 0. The Morgan fingerprint density at radius 1 is 0.762 bits per heavy atom. The Hall–Kier alpha value is -1.04. The second kappa shape index (κ2) is 5.99. The van der Waals surface area contributed by atoms with E-state index >= 15 is 0 Å². The van der Waals surface area contributed by atoms with Crippen LogP contribution in [0, 0.1) is 11.8 Å². The average molecular weight is 282 g/mol. The van der Waals surface area contributed by atoms with E-state index in [4.69, 9.17) is 0 Å². The zero-order valence-electron chi connectivity index (χ0n) is 14.3. The van der Waals surface area contributed by atoms with E-state index in [1.54, 1.807) is 33.4 Å². The number of hydrogen-bond donors (Lipinski definition) is 0. The van der Waals surface area contributed by atoms with Crippen molar-refractivity contribution >= 4 is 0 Å². The molecule has 0 N–H and O–H groups in total. The van der Waals surface area contributed by atoms with Gasteiger partial charge in [0.25, 0.3) is 0 Å². The topological polar surface area (TPSA) is 0 Å². The lowest BCUT2D eigenvalue weighted by molar-refractivity contribution is 0.564. The summed E-state index contributed by atoms with van der Waals surface area (Å²) in [6.45, 7) is 9.28. The summed E-state index contributed by atoms with van der Waals surface area (Å²) in [5, 5.41) is 0. The van der Waals surface area contributed by atoms with Gasteiger partial charge in [-0.05, 0) is 94.4 Å². The fourth-order valence-electron chi connectivity index (χ4n) is 4.47. The Bertz CT molecular complexity index is 505. The average Bonchev–Trinajstić information content (AvgIpc) is 2.83. The Balaban J connectivity index is 1.64. The minimum atomic E-state index is 0.715. The summed E-state index contributed by atoms with van der Waals surface area (Å²) in [6, 6.07) is 0. The molecule has 0 aliphatic heterocycles. The summed E-state index contributed by atoms with van der Waals surface area (Å²) in [7, 11) is 0. The van der Waals surface area contributed by atoms with Gasteiger partial charge in [0.15, 0.2) is 0 Å². The Morgan fingerprint density at radius 3 is 1.81 bits per heavy atom. The maximum absolute atomic E-state index is 2.59. The summed E-state index contributed by atoms with van der Waals surface area (Å²) in [5.74, 6) is 1.43. The van der Waals surface area contributed by atoms with Crippen LogP contribution in [-0.4, -0.2) is 0 Å². The van der Waals surface area contributed by atoms with Gasteiger partial charge in [-0.15, -0.1) is 0 Å². The first-order valence-electron chi connectivity index (χ1n) is 8.84. The van der Waals surface area contributed by atoms with Crippen molar-refractivity contribution in [1.29, 1.82) is 0 Å². The van der Waals surface area contributed by atoms with Crippen molar-refractivity contribution in [2.24, 2.45) is 11.8 Å². The van der Waals surface area contributed by atoms with E-state index in [2.05, 4.69) is 39.8 Å². The van der Waals surface area contributed by atoms with Crippen LogP contribution in [0.25, 0.3) is 0 Å². The Morgan fingerprint density at radius 2 is 1.29 bits per heavy atom. The van der Waals surface area contributed by atoms with Crippen LogP contribution in [0.5, 0.6) is 0 Å². The third kappa shape index (κ3) is 2.82. The van der Waals surface area contributed by atoms with Crippen LogP contribution in [0.1, 0.15) is 72.6 Å². The third-order valence-corrected chi connectivity index (χ3v) is 6.21. The summed E-state index contributed by atoms with van der Waals surface area (Å²) < 4.78 is 0. The van der Waals surface area contributed by atoms with Crippen molar-refractivity contribution in [2.45, 2.75) is 72.6 Å². The highest BCUT2D eigenvalue weighted by Crippen LogP contribution is 2.41. The molecule has 1 saturated carbocycles. The van der Waals surface area contributed by atoms with Gasteiger partial charge in [-0.3, -0.25) is 0 Å². The first kappa shape index (κ1) is 14.9. The van der Waals surface area contributed by atoms with Gasteiger partial charge in [0.2, 0.25) is 0 Å². The second-order valence-corrected chi connectivity index (χ2v) is 7.35. The lowest BCUT2D eigenvalue weighted by Gasteiger charge is -2.16. The minimum Gasteiger partial charge on any atom is -0.0741 e. The van der Waals surface area contributed by atoms with E-state index in [0.717, 1.165) is 5.92 Å². The molecule has 3 aliphatic rings. The Kier molecular flexibility index (Phi) is 4.24. The molecule has 0 bridgehead atoms. The largest absolute Gasteiger partial charge is 0.0741 e. The van der Waals surface area contributed by atoms with Crippen molar-refractivity contribution in [3.63, 3.8) is 0 Å². The quantitative estimate of drug-likeness (QED) is 0.553. The number of fused-ring (bicyclic) bond motifs is 1. The standard InChI is InChI=1S/C21H30/c1-14-15(2)17(4)21(16(14)3)11-10-18-12-19-8-6-5-7-9-20(19)13-18/h12-13,18,21H,5-11H2,1-4H3. The van der Waals surface area contributed by atoms with Crippen molar-refractivity contribution in [1.82, 2.24) is 0 Å². The fourth-order valence-corrected chi connectivity index (χ4v) is 4.47. The van der Waals surface area contributed by atoms with Gasteiger partial charge in [-0.1, -0.05) is 29.7 Å². The van der Waals surface area contributed by atoms with Crippen LogP contribution < -0.4 is 0 Å². The molecule has 3 aliphatic carbocycles. The number of rotatable bonds is 3. The van der Waals surface area contributed by atoms with Gasteiger partial charge in [0.05, 0.1) is 0 Å². The van der Waals surface area contributed by atoms with Crippen molar-refractivity contribution < 1.29 is 0 Å². The highest BCUT2D eigenvalue weighted by molar-refractivity contribution is 5.46. The van der Waals surface area contributed by atoms with Crippen LogP contribution in [0.3, 0.4) is 0 Å². The van der Waals surface area contributed by atoms with Crippen LogP contribution in [-0.2, 0) is 0 Å². The molecule has 0 unspecified atom stereocenters. The Labute approximate surface area is 130 Å². The van der Waals surface area contributed by atoms with Gasteiger partial charge in [-0.2, -0.15) is 0 Å². The van der Waals surface area contributed by atoms with Crippen molar-refractivity contribution in [3.8, 4) is 0 Å². The highest BCUT2D eigenvalue weighted by Gasteiger charge is 2.26. The first-order chi connectivity index (χ1) is 10.1. The molecule has 0 heterocycles. The van der Waals surface area contributed by atoms with E-state index in [0.29, 0.717) is 5.92 Å². The molecule has 0 heteroatoms. The van der Waals surface area contributed by atoms with Gasteiger partial charge < -0.3 is 0 Å². The maximum atomic E-state index is 2.59. The summed E-state index contributed by atoms with van der Waals surface area (Å²) in [5.41, 5.74) is 9.72. The summed E-state index contributed by atoms with van der Waals surface area (Å²) >= 11 is 0. The lowest BCUT2D eigenvalue weighted by atomic mass is 9.88. The molecule has 1 fully saturated rings. The molecule has 0 aromatic carbocycles. The van der Waals surface area contributed by atoms with Crippen LogP contribution in [0.2, 0.25) is 0 Å². The number of hydrogen-bond acceptors (Lipinski definition) is 0. The SMILES string of the molecule is CC1=C(C)C(CCC2C=C3CCCCCC3=C2)C(C)=C1C. The van der Waals surface area contributed by atoms with Crippen LogP contribution >= 0.6 is 0 Å². The molecule has 0 aromatic heterocycles. The molecule has 114 valence electrons. The molecule has 21 heavy (non-hydrogen) atoms. The smallest absolute Gasteiger partial charge is 0.00134 e. The van der Waals surface area contributed by atoms with E-state index in [9.17, 15) is 0 Å². The molecular weight excluding hydrogens is 252 g/mol. The zero-order valence-corrected chi connectivity index (χ0v) is 14.3. The molecular formula is C21H30. The van der Waals surface area contributed by atoms with Crippen molar-refractivity contribution in [3.05, 3.63) is 45.6 Å². The van der Waals surface area contributed by atoms with Crippen molar-refractivity contribution in [2.75, 3.05) is 0 Å². The van der Waals surface area contributed by atoms with Crippen LogP contribution in [0.4, 0.5) is 0 Å². The van der Waals surface area contributed by atoms with Gasteiger partial charge in [0.1, 0.15) is 0 Å². The van der Waals surface area contributed by atoms with E-state index in [1.807, 2.05) is 0 Å². The molecule has 0 radical (unpaired) electrons. The zero-order chi connectivity index (χ0) is 15.0. The molecule has 3 rings (SSSR count). The molecule has 0 atom stereocenters. The molecule has 0 nitrogen and oxygen atoms in total. The first-order valence-corrected chi connectivity index (χ1v) is 8.84. The molecule has 0 saturated heterocycles. The van der Waals surface area contributed by atoms with Gasteiger partial charge >= 0.3 is 0 Å². The lowest BCUT2D eigenvalue weighted by Crippen LogP contribution is -2.03. The van der Waals surface area contributed by atoms with E-state index in [1.165, 1.54) is 44.9 Å². The second-order valence-electron chi connectivity index (χ2n) is 7.35. The number of allylic oxidation sites excluding steroid dienone is 8. The van der Waals surface area contributed by atoms with E-state index < -0.39 is 0 Å². The van der Waals surface area contributed by atoms with Crippen LogP contribution in [0.15, 0.2) is 45.6 Å². The molecule has 0 spiro atoms. The molecule has 0 aromatic rings. The monoisotopic (exact) mass is 282 g/mol.